The average molecular weight is 327 g/mol. The Hall–Kier alpha value is -0.580. The van der Waals surface area contributed by atoms with Crippen LogP contribution in [0.4, 0.5) is 0 Å². The minimum Gasteiger partial charge on any atom is -0.496 e. The molecule has 0 bridgehead atoms. The molecule has 0 saturated carbocycles. The zero-order chi connectivity index (χ0) is 13.7. The summed E-state index contributed by atoms with van der Waals surface area (Å²) < 4.78 is 6.56. The van der Waals surface area contributed by atoms with Crippen molar-refractivity contribution in [1.29, 1.82) is 0 Å². The lowest BCUT2D eigenvalue weighted by atomic mass is 9.94. The van der Waals surface area contributed by atoms with Crippen molar-refractivity contribution < 1.29 is 4.74 Å². The summed E-state index contributed by atoms with van der Waals surface area (Å²) >= 11 is 3.54. The first-order valence-electron chi connectivity index (χ1n) is 6.97. The van der Waals surface area contributed by atoms with Crippen molar-refractivity contribution in [2.75, 3.05) is 26.7 Å². The minimum absolute atomic E-state index is 0.761. The molecule has 0 radical (unpaired) electrons. The number of rotatable bonds is 5. The van der Waals surface area contributed by atoms with Gasteiger partial charge in [-0.05, 0) is 56.5 Å². The molecule has 0 amide bonds. The Morgan fingerprint density at radius 2 is 2.32 bits per heavy atom. The van der Waals surface area contributed by atoms with Crippen LogP contribution in [0.2, 0.25) is 0 Å². The Bertz CT molecular complexity index is 409. The number of nitrogens with zero attached hydrogens (tertiary/aromatic N) is 1. The molecule has 1 aliphatic heterocycles. The van der Waals surface area contributed by atoms with Gasteiger partial charge in [-0.1, -0.05) is 15.9 Å². The Morgan fingerprint density at radius 1 is 1.47 bits per heavy atom. The molecular weight excluding hydrogens is 304 g/mol. The van der Waals surface area contributed by atoms with E-state index < -0.39 is 0 Å². The molecule has 4 heteroatoms. The van der Waals surface area contributed by atoms with Gasteiger partial charge in [0.15, 0.2) is 0 Å². The maximum Gasteiger partial charge on any atom is 0.123 e. The number of piperidine rings is 1. The van der Waals surface area contributed by atoms with Crippen molar-refractivity contribution in [1.82, 2.24) is 4.90 Å². The summed E-state index contributed by atoms with van der Waals surface area (Å²) in [7, 11) is 1.74. The van der Waals surface area contributed by atoms with Crippen LogP contribution in [0.15, 0.2) is 22.7 Å². The average Bonchev–Trinajstić information content (AvgIpc) is 2.40. The summed E-state index contributed by atoms with van der Waals surface area (Å²) in [6.07, 6.45) is 3.75. The molecule has 0 aromatic heterocycles. The second-order valence-electron chi connectivity index (χ2n) is 5.28. The molecule has 1 unspecified atom stereocenters. The molecule has 0 spiro atoms. The molecule has 106 valence electrons. The highest BCUT2D eigenvalue weighted by molar-refractivity contribution is 9.10. The third kappa shape index (κ3) is 4.20. The van der Waals surface area contributed by atoms with Gasteiger partial charge in [0.2, 0.25) is 0 Å². The molecule has 1 heterocycles. The van der Waals surface area contributed by atoms with Gasteiger partial charge in [0, 0.05) is 23.1 Å². The largest absolute Gasteiger partial charge is 0.496 e. The van der Waals surface area contributed by atoms with Crippen LogP contribution in [-0.4, -0.2) is 31.6 Å². The van der Waals surface area contributed by atoms with Gasteiger partial charge < -0.3 is 10.5 Å². The molecule has 1 aliphatic rings. The van der Waals surface area contributed by atoms with E-state index in [1.165, 1.54) is 24.9 Å². The first-order chi connectivity index (χ1) is 9.22. The Labute approximate surface area is 124 Å². The fourth-order valence-corrected chi connectivity index (χ4v) is 3.29. The van der Waals surface area contributed by atoms with E-state index in [0.717, 1.165) is 42.2 Å². The quantitative estimate of drug-likeness (QED) is 0.903. The van der Waals surface area contributed by atoms with E-state index in [0.29, 0.717) is 0 Å². The highest BCUT2D eigenvalue weighted by atomic mass is 79.9. The van der Waals surface area contributed by atoms with E-state index in [4.69, 9.17) is 10.5 Å². The van der Waals surface area contributed by atoms with E-state index in [9.17, 15) is 0 Å². The van der Waals surface area contributed by atoms with E-state index in [-0.39, 0.29) is 0 Å². The van der Waals surface area contributed by atoms with Gasteiger partial charge in [0.25, 0.3) is 0 Å². The maximum absolute atomic E-state index is 5.68. The fraction of sp³-hybridized carbons (Fsp3) is 0.600. The number of methoxy groups -OCH3 is 1. The second kappa shape index (κ2) is 7.27. The van der Waals surface area contributed by atoms with Crippen LogP contribution in [0.5, 0.6) is 5.75 Å². The second-order valence-corrected chi connectivity index (χ2v) is 6.19. The summed E-state index contributed by atoms with van der Waals surface area (Å²) in [6, 6.07) is 6.21. The summed E-state index contributed by atoms with van der Waals surface area (Å²) in [5.74, 6) is 1.74. The van der Waals surface area contributed by atoms with E-state index >= 15 is 0 Å². The van der Waals surface area contributed by atoms with Crippen molar-refractivity contribution in [2.24, 2.45) is 11.7 Å². The summed E-state index contributed by atoms with van der Waals surface area (Å²) in [6.45, 7) is 4.10. The van der Waals surface area contributed by atoms with Crippen LogP contribution in [0.25, 0.3) is 0 Å². The third-order valence-corrected chi connectivity index (χ3v) is 4.31. The fourth-order valence-electron chi connectivity index (χ4n) is 2.88. The lowest BCUT2D eigenvalue weighted by molar-refractivity contribution is 0.161. The van der Waals surface area contributed by atoms with E-state index in [1.54, 1.807) is 7.11 Å². The third-order valence-electron chi connectivity index (χ3n) is 3.81. The van der Waals surface area contributed by atoms with Crippen LogP contribution in [0.3, 0.4) is 0 Å². The molecule has 3 nitrogen and oxygen atoms in total. The standard InChI is InChI=1S/C15H23BrN2O/c1-19-15-5-4-14(16)9-13(15)11-18-8-2-3-12(10-18)6-7-17/h4-5,9,12H,2-3,6-8,10-11,17H2,1H3. The van der Waals surface area contributed by atoms with E-state index in [1.807, 2.05) is 12.1 Å². The number of hydrogen-bond donors (Lipinski definition) is 1. The summed E-state index contributed by atoms with van der Waals surface area (Å²) in [5.41, 5.74) is 6.93. The van der Waals surface area contributed by atoms with Crippen molar-refractivity contribution in [3.63, 3.8) is 0 Å². The lowest BCUT2D eigenvalue weighted by Gasteiger charge is -2.33. The van der Waals surface area contributed by atoms with Crippen molar-refractivity contribution >= 4 is 15.9 Å². The molecule has 2 N–H and O–H groups in total. The number of halogens is 1. The van der Waals surface area contributed by atoms with Crippen LogP contribution in [0.1, 0.15) is 24.8 Å². The predicted molar refractivity (Wildman–Crippen MR) is 82.4 cm³/mol. The smallest absolute Gasteiger partial charge is 0.123 e. The normalized spacial score (nSPS) is 20.5. The lowest BCUT2D eigenvalue weighted by Crippen LogP contribution is -2.35. The maximum atomic E-state index is 5.68. The zero-order valence-corrected chi connectivity index (χ0v) is 13.2. The number of nitrogens with two attached hydrogens (primary N) is 1. The van der Waals surface area contributed by atoms with Crippen molar-refractivity contribution in [2.45, 2.75) is 25.8 Å². The molecule has 2 rings (SSSR count). The number of ether oxygens (including phenoxy) is 1. The van der Waals surface area contributed by atoms with Gasteiger partial charge in [-0.25, -0.2) is 0 Å². The van der Waals surface area contributed by atoms with Crippen molar-refractivity contribution in [3.8, 4) is 5.75 Å². The van der Waals surface area contributed by atoms with Crippen LogP contribution >= 0.6 is 15.9 Å². The van der Waals surface area contributed by atoms with Crippen LogP contribution in [0, 0.1) is 5.92 Å². The first kappa shape index (κ1) is 14.8. The van der Waals surface area contributed by atoms with E-state index in [2.05, 4.69) is 26.9 Å². The molecule has 1 aromatic rings. The zero-order valence-electron chi connectivity index (χ0n) is 11.6. The Kier molecular flexibility index (Phi) is 5.67. The Balaban J connectivity index is 2.01. The van der Waals surface area contributed by atoms with Crippen LogP contribution < -0.4 is 10.5 Å². The molecule has 1 fully saturated rings. The topological polar surface area (TPSA) is 38.5 Å². The predicted octanol–water partition coefficient (Wildman–Crippen LogP) is 3.02. The molecule has 1 atom stereocenters. The summed E-state index contributed by atoms with van der Waals surface area (Å²) in [4.78, 5) is 2.52. The summed E-state index contributed by atoms with van der Waals surface area (Å²) in [5, 5.41) is 0. The molecular formula is C15H23BrN2O. The minimum atomic E-state index is 0.761. The van der Waals surface area contributed by atoms with Gasteiger partial charge in [0.1, 0.15) is 5.75 Å². The molecule has 1 aromatic carbocycles. The monoisotopic (exact) mass is 326 g/mol. The van der Waals surface area contributed by atoms with Gasteiger partial charge in [-0.3, -0.25) is 4.90 Å². The first-order valence-corrected chi connectivity index (χ1v) is 7.77. The highest BCUT2D eigenvalue weighted by Gasteiger charge is 2.20. The molecule has 19 heavy (non-hydrogen) atoms. The van der Waals surface area contributed by atoms with Crippen molar-refractivity contribution in [3.05, 3.63) is 28.2 Å². The van der Waals surface area contributed by atoms with Gasteiger partial charge in [-0.15, -0.1) is 0 Å². The molecule has 0 aliphatic carbocycles. The highest BCUT2D eigenvalue weighted by Crippen LogP contribution is 2.27. The van der Waals surface area contributed by atoms with Gasteiger partial charge >= 0.3 is 0 Å². The van der Waals surface area contributed by atoms with Gasteiger partial charge in [0.05, 0.1) is 7.11 Å². The SMILES string of the molecule is COc1ccc(Br)cc1CN1CCCC(CCN)C1. The number of likely N-dealkylation sites (tertiary alicyclic amines) is 1. The molecule has 1 saturated heterocycles. The van der Waals surface area contributed by atoms with Crippen LogP contribution in [-0.2, 0) is 6.54 Å². The number of hydrogen-bond acceptors (Lipinski definition) is 3. The Morgan fingerprint density at radius 3 is 3.05 bits per heavy atom. The number of benzene rings is 1. The van der Waals surface area contributed by atoms with Gasteiger partial charge in [-0.2, -0.15) is 0 Å².